The van der Waals surface area contributed by atoms with Crippen LogP contribution >= 0.6 is 11.3 Å². The average Bonchev–Trinajstić information content (AvgIpc) is 2.91. The summed E-state index contributed by atoms with van der Waals surface area (Å²) in [4.78, 5) is 29.6. The molecule has 0 spiro atoms. The second kappa shape index (κ2) is 6.65. The van der Waals surface area contributed by atoms with Crippen LogP contribution in [0.15, 0.2) is 28.6 Å². The van der Waals surface area contributed by atoms with Gasteiger partial charge in [0.15, 0.2) is 0 Å². The summed E-state index contributed by atoms with van der Waals surface area (Å²) in [6, 6.07) is 1.84. The fraction of sp³-hybridized carbons (Fsp3) is 0.154. The Morgan fingerprint density at radius 1 is 1.55 bits per heavy atom. The highest BCUT2D eigenvalue weighted by molar-refractivity contribution is 7.10. The van der Waals surface area contributed by atoms with Gasteiger partial charge in [-0.05, 0) is 6.07 Å². The molecule has 7 heteroatoms. The third-order valence-electron chi connectivity index (χ3n) is 2.29. The Morgan fingerprint density at radius 2 is 2.40 bits per heavy atom. The quantitative estimate of drug-likeness (QED) is 0.699. The third kappa shape index (κ3) is 3.78. The van der Waals surface area contributed by atoms with E-state index in [-0.39, 0.29) is 23.8 Å². The lowest BCUT2D eigenvalue weighted by Gasteiger charge is -2.01. The van der Waals surface area contributed by atoms with Crippen molar-refractivity contribution in [2.24, 2.45) is 0 Å². The number of H-pyrrole nitrogens is 1. The number of aromatic amines is 1. The highest BCUT2D eigenvalue weighted by Gasteiger charge is 2.07. The zero-order chi connectivity index (χ0) is 14.4. The van der Waals surface area contributed by atoms with E-state index in [1.165, 1.54) is 17.5 Å². The van der Waals surface area contributed by atoms with Gasteiger partial charge in [0.25, 0.3) is 11.5 Å². The number of hydrogen-bond donors (Lipinski definition) is 3. The van der Waals surface area contributed by atoms with Gasteiger partial charge in [0.1, 0.15) is 12.3 Å². The van der Waals surface area contributed by atoms with Crippen LogP contribution in [0.25, 0.3) is 0 Å². The summed E-state index contributed by atoms with van der Waals surface area (Å²) < 4.78 is 0. The molecule has 0 aliphatic carbocycles. The van der Waals surface area contributed by atoms with Crippen molar-refractivity contribution in [3.05, 3.63) is 50.3 Å². The smallest absolute Gasteiger partial charge is 0.271 e. The maximum atomic E-state index is 11.8. The molecule has 3 N–H and O–H groups in total. The standard InChI is InChI=1S/C13H11N3O3S/c17-3-1-2-9-4-10(20-8-9)5-16-13(19)11-6-15-12(18)7-14-11/h4,6-8,17H,3,5H2,(H,15,18)(H,16,19). The van der Waals surface area contributed by atoms with Crippen LogP contribution in [0.1, 0.15) is 20.9 Å². The van der Waals surface area contributed by atoms with Gasteiger partial charge in [0.2, 0.25) is 0 Å². The second-order valence-electron chi connectivity index (χ2n) is 3.74. The van der Waals surface area contributed by atoms with E-state index >= 15 is 0 Å². The number of hydrogen-bond acceptors (Lipinski definition) is 5. The van der Waals surface area contributed by atoms with Crippen molar-refractivity contribution < 1.29 is 9.90 Å². The first-order valence-electron chi connectivity index (χ1n) is 5.69. The zero-order valence-electron chi connectivity index (χ0n) is 10.3. The molecule has 0 unspecified atom stereocenters. The molecule has 6 nitrogen and oxygen atoms in total. The molecule has 0 aliphatic heterocycles. The third-order valence-corrected chi connectivity index (χ3v) is 3.23. The van der Waals surface area contributed by atoms with Crippen LogP contribution in [-0.2, 0) is 6.54 Å². The summed E-state index contributed by atoms with van der Waals surface area (Å²) in [6.45, 7) is 0.172. The van der Waals surface area contributed by atoms with Crippen molar-refractivity contribution in [2.45, 2.75) is 6.54 Å². The van der Waals surface area contributed by atoms with Crippen molar-refractivity contribution in [3.8, 4) is 11.8 Å². The van der Waals surface area contributed by atoms with Crippen molar-refractivity contribution >= 4 is 17.2 Å². The molecular formula is C13H11N3O3S. The number of carbonyl (C=O) groups is 1. The largest absolute Gasteiger partial charge is 0.384 e. The lowest BCUT2D eigenvalue weighted by molar-refractivity contribution is 0.0946. The van der Waals surface area contributed by atoms with E-state index in [1.54, 1.807) is 0 Å². The Hall–Kier alpha value is -2.43. The van der Waals surface area contributed by atoms with Crippen LogP contribution in [0.2, 0.25) is 0 Å². The molecule has 20 heavy (non-hydrogen) atoms. The van der Waals surface area contributed by atoms with E-state index in [0.29, 0.717) is 6.54 Å². The van der Waals surface area contributed by atoms with Gasteiger partial charge in [-0.2, -0.15) is 0 Å². The number of aliphatic hydroxyl groups excluding tert-OH is 1. The Kier molecular flexibility index (Phi) is 4.65. The number of carbonyl (C=O) groups excluding carboxylic acids is 1. The van der Waals surface area contributed by atoms with Gasteiger partial charge in [0, 0.05) is 22.0 Å². The highest BCUT2D eigenvalue weighted by Crippen LogP contribution is 2.13. The van der Waals surface area contributed by atoms with Crippen LogP contribution < -0.4 is 10.9 Å². The molecule has 2 aromatic heterocycles. The first-order chi connectivity index (χ1) is 9.69. The van der Waals surface area contributed by atoms with E-state index in [1.807, 2.05) is 11.4 Å². The number of nitrogens with one attached hydrogen (secondary N) is 2. The Balaban J connectivity index is 1.94. The molecule has 0 aromatic carbocycles. The van der Waals surface area contributed by atoms with Gasteiger partial charge in [-0.25, -0.2) is 4.98 Å². The Morgan fingerprint density at radius 3 is 3.10 bits per heavy atom. The summed E-state index contributed by atoms with van der Waals surface area (Å²) in [6.07, 6.45) is 2.33. The first kappa shape index (κ1) is 14.0. The van der Waals surface area contributed by atoms with Crippen LogP contribution in [0.4, 0.5) is 0 Å². The lowest BCUT2D eigenvalue weighted by atomic mass is 10.3. The molecule has 0 aliphatic rings. The summed E-state index contributed by atoms with van der Waals surface area (Å²) in [7, 11) is 0. The average molecular weight is 289 g/mol. The molecule has 0 saturated heterocycles. The number of nitrogens with zero attached hydrogens (tertiary/aromatic N) is 1. The predicted molar refractivity (Wildman–Crippen MR) is 74.3 cm³/mol. The molecule has 0 saturated carbocycles. The maximum absolute atomic E-state index is 11.8. The van der Waals surface area contributed by atoms with Crippen LogP contribution in [0.3, 0.4) is 0 Å². The minimum atomic E-state index is -0.363. The first-order valence-corrected chi connectivity index (χ1v) is 6.57. The van der Waals surface area contributed by atoms with Crippen molar-refractivity contribution in [2.75, 3.05) is 6.61 Å². The number of aliphatic hydroxyl groups is 1. The normalized spacial score (nSPS) is 9.65. The molecule has 0 fully saturated rings. The number of aromatic nitrogens is 2. The SMILES string of the molecule is O=C(NCc1cc(C#CCO)cs1)c1c[nH]c(=O)cn1. The van der Waals surface area contributed by atoms with Crippen molar-refractivity contribution in [1.82, 2.24) is 15.3 Å². The van der Waals surface area contributed by atoms with E-state index < -0.39 is 0 Å². The number of thiophene rings is 1. The van der Waals surface area contributed by atoms with E-state index in [0.717, 1.165) is 16.6 Å². The number of amides is 1. The van der Waals surface area contributed by atoms with Gasteiger partial charge >= 0.3 is 0 Å². The summed E-state index contributed by atoms with van der Waals surface area (Å²) in [5.41, 5.74) is 0.601. The minimum Gasteiger partial charge on any atom is -0.384 e. The molecule has 2 aromatic rings. The van der Waals surface area contributed by atoms with Gasteiger partial charge < -0.3 is 15.4 Å². The zero-order valence-corrected chi connectivity index (χ0v) is 11.2. The minimum absolute atomic E-state index is 0.154. The second-order valence-corrected chi connectivity index (χ2v) is 4.74. The Bertz CT molecular complexity index is 704. The maximum Gasteiger partial charge on any atom is 0.271 e. The molecule has 0 atom stereocenters. The highest BCUT2D eigenvalue weighted by atomic mass is 32.1. The van der Waals surface area contributed by atoms with Gasteiger partial charge in [-0.1, -0.05) is 11.8 Å². The van der Waals surface area contributed by atoms with Gasteiger partial charge in [-0.3, -0.25) is 9.59 Å². The van der Waals surface area contributed by atoms with Crippen molar-refractivity contribution in [3.63, 3.8) is 0 Å². The summed E-state index contributed by atoms with van der Waals surface area (Å²) in [5.74, 6) is 4.98. The molecule has 2 rings (SSSR count). The molecule has 0 radical (unpaired) electrons. The predicted octanol–water partition coefficient (Wildman–Crippen LogP) is 0.105. The molecule has 2 heterocycles. The van der Waals surface area contributed by atoms with E-state index in [4.69, 9.17) is 5.11 Å². The van der Waals surface area contributed by atoms with E-state index in [9.17, 15) is 9.59 Å². The summed E-state index contributed by atoms with van der Waals surface area (Å²) >= 11 is 1.46. The lowest BCUT2D eigenvalue weighted by Crippen LogP contribution is -2.24. The number of rotatable bonds is 3. The van der Waals surface area contributed by atoms with Crippen LogP contribution in [-0.4, -0.2) is 27.6 Å². The van der Waals surface area contributed by atoms with Gasteiger partial charge in [-0.15, -0.1) is 11.3 Å². The molecule has 1 amide bonds. The fourth-order valence-electron chi connectivity index (χ4n) is 1.40. The molecular weight excluding hydrogens is 278 g/mol. The summed E-state index contributed by atoms with van der Waals surface area (Å²) in [5, 5.41) is 13.1. The van der Waals surface area contributed by atoms with Crippen molar-refractivity contribution in [1.29, 1.82) is 0 Å². The fourth-order valence-corrected chi connectivity index (χ4v) is 2.16. The van der Waals surface area contributed by atoms with Crippen LogP contribution in [0, 0.1) is 11.8 Å². The molecule has 102 valence electrons. The topological polar surface area (TPSA) is 95.1 Å². The Labute approximate surface area is 118 Å². The molecule has 0 bridgehead atoms. The monoisotopic (exact) mass is 289 g/mol. The van der Waals surface area contributed by atoms with E-state index in [2.05, 4.69) is 27.1 Å². The van der Waals surface area contributed by atoms with Gasteiger partial charge in [0.05, 0.1) is 12.7 Å². The van der Waals surface area contributed by atoms with Crippen LogP contribution in [0.5, 0.6) is 0 Å².